The van der Waals surface area contributed by atoms with Crippen LogP contribution in [0.15, 0.2) is 89.1 Å². The SMILES string of the molecule is Cc1cc(O)c2c(N=Nc3ccc(CNc4ccccc4)cc3)c(N)ccc2c1. The first-order chi connectivity index (χ1) is 14.1. The fourth-order valence-corrected chi connectivity index (χ4v) is 3.24. The summed E-state index contributed by atoms with van der Waals surface area (Å²) >= 11 is 0. The summed E-state index contributed by atoms with van der Waals surface area (Å²) in [6, 6.07) is 25.3. The first-order valence-corrected chi connectivity index (χ1v) is 9.41. The zero-order valence-electron chi connectivity index (χ0n) is 16.1. The van der Waals surface area contributed by atoms with Gasteiger partial charge in [-0.1, -0.05) is 42.5 Å². The van der Waals surface area contributed by atoms with Crippen molar-refractivity contribution in [3.05, 3.63) is 90.0 Å². The van der Waals surface area contributed by atoms with Crippen LogP contribution in [0.25, 0.3) is 10.8 Å². The van der Waals surface area contributed by atoms with Crippen molar-refractivity contribution in [2.75, 3.05) is 11.1 Å². The van der Waals surface area contributed by atoms with E-state index in [1.807, 2.05) is 73.7 Å². The Kier molecular flexibility index (Phi) is 5.12. The number of hydrogen-bond acceptors (Lipinski definition) is 5. The van der Waals surface area contributed by atoms with Crippen LogP contribution in [-0.4, -0.2) is 5.11 Å². The molecule has 0 amide bonds. The molecule has 0 heterocycles. The van der Waals surface area contributed by atoms with Crippen molar-refractivity contribution in [3.8, 4) is 5.75 Å². The van der Waals surface area contributed by atoms with Crippen molar-refractivity contribution < 1.29 is 5.11 Å². The second-order valence-corrected chi connectivity index (χ2v) is 6.97. The third kappa shape index (κ3) is 4.19. The number of nitrogen functional groups attached to an aromatic ring is 1. The van der Waals surface area contributed by atoms with Crippen molar-refractivity contribution in [2.24, 2.45) is 10.2 Å². The summed E-state index contributed by atoms with van der Waals surface area (Å²) in [4.78, 5) is 0. The lowest BCUT2D eigenvalue weighted by Crippen LogP contribution is -1.98. The molecule has 5 heteroatoms. The van der Waals surface area contributed by atoms with E-state index < -0.39 is 0 Å². The number of benzene rings is 4. The van der Waals surface area contributed by atoms with Gasteiger partial charge in [0.25, 0.3) is 0 Å². The third-order valence-corrected chi connectivity index (χ3v) is 4.72. The standard InChI is InChI=1S/C24H22N4O/c1-16-13-18-9-12-21(25)24(23(18)22(29)14-16)28-27-20-10-7-17(8-11-20)15-26-19-5-3-2-4-6-19/h2-14,26,29H,15,25H2,1H3. The van der Waals surface area contributed by atoms with Gasteiger partial charge in [-0.2, -0.15) is 5.11 Å². The van der Waals surface area contributed by atoms with Gasteiger partial charge in [-0.25, -0.2) is 0 Å². The number of nitrogens with two attached hydrogens (primary N) is 1. The smallest absolute Gasteiger partial charge is 0.125 e. The van der Waals surface area contributed by atoms with Gasteiger partial charge in [-0.05, 0) is 59.8 Å². The van der Waals surface area contributed by atoms with Gasteiger partial charge in [0.15, 0.2) is 0 Å². The number of phenols is 1. The number of phenolic OH excluding ortho intramolecular Hbond substituents is 1. The van der Waals surface area contributed by atoms with Gasteiger partial charge in [0, 0.05) is 12.2 Å². The Morgan fingerprint density at radius 1 is 0.897 bits per heavy atom. The number of aromatic hydroxyl groups is 1. The molecule has 0 aliphatic heterocycles. The van der Waals surface area contributed by atoms with E-state index in [2.05, 4.69) is 15.5 Å². The summed E-state index contributed by atoms with van der Waals surface area (Å²) in [5.41, 5.74) is 11.0. The van der Waals surface area contributed by atoms with Crippen LogP contribution in [-0.2, 0) is 6.54 Å². The van der Waals surface area contributed by atoms with Crippen LogP contribution in [0.5, 0.6) is 5.75 Å². The highest BCUT2D eigenvalue weighted by molar-refractivity contribution is 6.02. The number of hydrogen-bond donors (Lipinski definition) is 3. The van der Waals surface area contributed by atoms with Crippen molar-refractivity contribution in [1.82, 2.24) is 0 Å². The lowest BCUT2D eigenvalue weighted by molar-refractivity contribution is 0.481. The van der Waals surface area contributed by atoms with Crippen LogP contribution in [0.2, 0.25) is 0 Å². The molecule has 4 rings (SSSR count). The van der Waals surface area contributed by atoms with Gasteiger partial charge < -0.3 is 16.2 Å². The van der Waals surface area contributed by atoms with Crippen LogP contribution >= 0.6 is 0 Å². The highest BCUT2D eigenvalue weighted by Crippen LogP contribution is 2.39. The number of para-hydroxylation sites is 1. The molecule has 4 aromatic rings. The molecule has 0 saturated heterocycles. The predicted octanol–water partition coefficient (Wildman–Crippen LogP) is 6.46. The minimum atomic E-state index is 0.156. The predicted molar refractivity (Wildman–Crippen MR) is 119 cm³/mol. The lowest BCUT2D eigenvalue weighted by atomic mass is 10.0. The lowest BCUT2D eigenvalue weighted by Gasteiger charge is -2.08. The van der Waals surface area contributed by atoms with Crippen LogP contribution in [0.1, 0.15) is 11.1 Å². The number of rotatable bonds is 5. The molecule has 0 bridgehead atoms. The van der Waals surface area contributed by atoms with Gasteiger partial charge in [-0.3, -0.25) is 0 Å². The van der Waals surface area contributed by atoms with Gasteiger partial charge in [0.1, 0.15) is 11.4 Å². The minimum Gasteiger partial charge on any atom is -0.507 e. The van der Waals surface area contributed by atoms with Crippen molar-refractivity contribution in [3.63, 3.8) is 0 Å². The van der Waals surface area contributed by atoms with Gasteiger partial charge >= 0.3 is 0 Å². The molecule has 0 atom stereocenters. The Labute approximate surface area is 169 Å². The van der Waals surface area contributed by atoms with Crippen LogP contribution in [0, 0.1) is 6.92 Å². The summed E-state index contributed by atoms with van der Waals surface area (Å²) in [7, 11) is 0. The van der Waals surface area contributed by atoms with Crippen LogP contribution < -0.4 is 11.1 Å². The summed E-state index contributed by atoms with van der Waals surface area (Å²) in [6.45, 7) is 2.66. The van der Waals surface area contributed by atoms with E-state index in [4.69, 9.17) is 5.73 Å². The second kappa shape index (κ2) is 8.02. The fraction of sp³-hybridized carbons (Fsp3) is 0.0833. The van der Waals surface area contributed by atoms with Crippen LogP contribution in [0.4, 0.5) is 22.7 Å². The minimum absolute atomic E-state index is 0.156. The number of fused-ring (bicyclic) bond motifs is 1. The van der Waals surface area contributed by atoms with Gasteiger partial charge in [0.05, 0.1) is 16.8 Å². The molecule has 5 nitrogen and oxygen atoms in total. The van der Waals surface area contributed by atoms with Crippen molar-refractivity contribution in [1.29, 1.82) is 0 Å². The molecular weight excluding hydrogens is 360 g/mol. The van der Waals surface area contributed by atoms with Gasteiger partial charge in [0.2, 0.25) is 0 Å². The average molecular weight is 382 g/mol. The number of nitrogens with one attached hydrogen (secondary N) is 1. The molecule has 0 aliphatic rings. The average Bonchev–Trinajstić information content (AvgIpc) is 2.73. The zero-order valence-corrected chi connectivity index (χ0v) is 16.1. The molecule has 0 saturated carbocycles. The normalized spacial score (nSPS) is 11.2. The highest BCUT2D eigenvalue weighted by Gasteiger charge is 2.10. The molecule has 0 aliphatic carbocycles. The second-order valence-electron chi connectivity index (χ2n) is 6.97. The molecule has 0 fully saturated rings. The first kappa shape index (κ1) is 18.5. The highest BCUT2D eigenvalue weighted by atomic mass is 16.3. The monoisotopic (exact) mass is 382 g/mol. The number of nitrogens with zero attached hydrogens (tertiary/aromatic N) is 2. The van der Waals surface area contributed by atoms with E-state index in [0.29, 0.717) is 16.8 Å². The van der Waals surface area contributed by atoms with E-state index in [0.717, 1.165) is 34.4 Å². The quantitative estimate of drug-likeness (QED) is 0.273. The van der Waals surface area contributed by atoms with Crippen LogP contribution in [0.3, 0.4) is 0 Å². The molecule has 0 spiro atoms. The Morgan fingerprint density at radius 3 is 2.41 bits per heavy atom. The topological polar surface area (TPSA) is 83.0 Å². The summed E-state index contributed by atoms with van der Waals surface area (Å²) < 4.78 is 0. The Morgan fingerprint density at radius 2 is 1.66 bits per heavy atom. The van der Waals surface area contributed by atoms with E-state index in [1.165, 1.54) is 0 Å². The van der Waals surface area contributed by atoms with Crippen molar-refractivity contribution in [2.45, 2.75) is 13.5 Å². The largest absolute Gasteiger partial charge is 0.507 e. The van der Waals surface area contributed by atoms with E-state index >= 15 is 0 Å². The molecule has 4 aromatic carbocycles. The number of anilines is 2. The maximum atomic E-state index is 10.4. The zero-order chi connectivity index (χ0) is 20.2. The van der Waals surface area contributed by atoms with E-state index in [9.17, 15) is 5.11 Å². The maximum Gasteiger partial charge on any atom is 0.125 e. The summed E-state index contributed by atoms with van der Waals surface area (Å²) in [5, 5.41) is 23.9. The van der Waals surface area contributed by atoms with E-state index in [-0.39, 0.29) is 5.75 Å². The van der Waals surface area contributed by atoms with Crippen molar-refractivity contribution >= 4 is 33.5 Å². The number of aryl methyl sites for hydroxylation is 1. The molecule has 0 unspecified atom stereocenters. The molecular formula is C24H22N4O. The Balaban J connectivity index is 1.54. The molecule has 4 N–H and O–H groups in total. The molecule has 144 valence electrons. The molecule has 29 heavy (non-hydrogen) atoms. The summed E-state index contributed by atoms with van der Waals surface area (Å²) in [5.74, 6) is 0.156. The number of azo groups is 1. The molecule has 0 aromatic heterocycles. The Hall–Kier alpha value is -3.86. The maximum absolute atomic E-state index is 10.4. The third-order valence-electron chi connectivity index (χ3n) is 4.72. The van der Waals surface area contributed by atoms with E-state index in [1.54, 1.807) is 12.1 Å². The molecule has 0 radical (unpaired) electrons. The van der Waals surface area contributed by atoms with Gasteiger partial charge in [-0.15, -0.1) is 5.11 Å². The summed E-state index contributed by atoms with van der Waals surface area (Å²) in [6.07, 6.45) is 0. The fourth-order valence-electron chi connectivity index (χ4n) is 3.24. The Bertz CT molecular complexity index is 1170. The first-order valence-electron chi connectivity index (χ1n) is 9.41.